The van der Waals surface area contributed by atoms with Crippen molar-refractivity contribution < 1.29 is 18.4 Å². The van der Waals surface area contributed by atoms with Crippen molar-refractivity contribution in [3.8, 4) is 17.1 Å². The van der Waals surface area contributed by atoms with E-state index in [0.29, 0.717) is 29.7 Å². The second kappa shape index (κ2) is 10.1. The summed E-state index contributed by atoms with van der Waals surface area (Å²) in [7, 11) is 3.09. The fourth-order valence-corrected chi connectivity index (χ4v) is 4.19. The van der Waals surface area contributed by atoms with Crippen LogP contribution in [0.2, 0.25) is 0 Å². The minimum Gasteiger partial charge on any atom is -0.494 e. The van der Waals surface area contributed by atoms with E-state index in [1.54, 1.807) is 13.2 Å². The average molecular weight is 469 g/mol. The van der Waals surface area contributed by atoms with Gasteiger partial charge in [0.1, 0.15) is 0 Å². The van der Waals surface area contributed by atoms with Crippen LogP contribution in [-0.2, 0) is 4.74 Å². The minimum atomic E-state index is -0.493. The van der Waals surface area contributed by atoms with E-state index >= 15 is 0 Å². The summed E-state index contributed by atoms with van der Waals surface area (Å²) in [6.45, 7) is 3.29. The molecule has 2 aromatic carbocycles. The van der Waals surface area contributed by atoms with E-state index in [0.717, 1.165) is 23.3 Å². The molecule has 1 unspecified atom stereocenters. The summed E-state index contributed by atoms with van der Waals surface area (Å²) in [6.07, 6.45) is 0.805. The Balaban J connectivity index is 1.75. The largest absolute Gasteiger partial charge is 0.494 e. The molecule has 7 nitrogen and oxygen atoms in total. The molecule has 0 saturated heterocycles. The molecule has 1 aromatic heterocycles. The molecule has 172 valence electrons. The molecule has 2 heterocycles. The van der Waals surface area contributed by atoms with Crippen LogP contribution >= 0.6 is 12.2 Å². The van der Waals surface area contributed by atoms with Gasteiger partial charge in [0.05, 0.1) is 18.7 Å². The summed E-state index contributed by atoms with van der Waals surface area (Å²) in [5.74, 6) is 0.298. The molecular weight excluding hydrogens is 443 g/mol. The highest BCUT2D eigenvalue weighted by Crippen LogP contribution is 2.37. The third kappa shape index (κ3) is 4.74. The Kier molecular flexibility index (Phi) is 7.00. The zero-order valence-corrected chi connectivity index (χ0v) is 19.5. The summed E-state index contributed by atoms with van der Waals surface area (Å²) in [5, 5.41) is 8.15. The van der Waals surface area contributed by atoms with Gasteiger partial charge in [-0.1, -0.05) is 35.5 Å². The van der Waals surface area contributed by atoms with Gasteiger partial charge >= 0.3 is 0 Å². The molecular formula is C24H25FN4O3S. The highest BCUT2D eigenvalue weighted by atomic mass is 32.1. The maximum Gasteiger partial charge on any atom is 0.258 e. The zero-order chi connectivity index (χ0) is 23.4. The average Bonchev–Trinajstić information content (AvgIpc) is 3.31. The number of aromatic nitrogens is 2. The maximum absolute atomic E-state index is 14.2. The fraction of sp³-hybridized carbons (Fsp3) is 0.292. The second-order valence-electron chi connectivity index (χ2n) is 7.56. The molecule has 0 amide bonds. The van der Waals surface area contributed by atoms with Crippen LogP contribution in [-0.4, -0.2) is 47.5 Å². The van der Waals surface area contributed by atoms with Crippen LogP contribution in [0.5, 0.6) is 5.75 Å². The number of halogens is 1. The van der Waals surface area contributed by atoms with Gasteiger partial charge in [0.2, 0.25) is 5.82 Å². The third-order valence-corrected chi connectivity index (χ3v) is 5.86. The van der Waals surface area contributed by atoms with Crippen molar-refractivity contribution in [2.45, 2.75) is 19.4 Å². The van der Waals surface area contributed by atoms with Crippen molar-refractivity contribution in [2.24, 2.45) is 0 Å². The van der Waals surface area contributed by atoms with Crippen LogP contribution in [0, 0.1) is 5.82 Å². The Labute approximate surface area is 197 Å². The van der Waals surface area contributed by atoms with E-state index in [1.807, 2.05) is 42.2 Å². The van der Waals surface area contributed by atoms with Crippen molar-refractivity contribution in [2.75, 3.05) is 27.4 Å². The first-order valence-electron chi connectivity index (χ1n) is 10.5. The molecule has 3 aromatic rings. The molecule has 4 rings (SSSR count). The first-order valence-corrected chi connectivity index (χ1v) is 10.9. The summed E-state index contributed by atoms with van der Waals surface area (Å²) in [4.78, 5) is 6.62. The SMILES string of the molecule is COCCCN1C(=S)NC(c2ccccc2)C(c2nc(-c3ccc(OC)c(F)c3)no2)=C1C. The van der Waals surface area contributed by atoms with Gasteiger partial charge in [0.25, 0.3) is 5.89 Å². The Morgan fingerprint density at radius 3 is 2.67 bits per heavy atom. The number of rotatable bonds is 8. The monoisotopic (exact) mass is 468 g/mol. The topological polar surface area (TPSA) is 72.7 Å². The molecule has 33 heavy (non-hydrogen) atoms. The van der Waals surface area contributed by atoms with Crippen LogP contribution in [0.1, 0.15) is 30.8 Å². The molecule has 0 bridgehead atoms. The molecule has 9 heteroatoms. The number of methoxy groups -OCH3 is 2. The zero-order valence-electron chi connectivity index (χ0n) is 18.7. The van der Waals surface area contributed by atoms with Crippen molar-refractivity contribution in [1.82, 2.24) is 20.4 Å². The molecule has 1 atom stereocenters. The summed E-state index contributed by atoms with van der Waals surface area (Å²) in [5.41, 5.74) is 3.25. The van der Waals surface area contributed by atoms with Gasteiger partial charge in [-0.15, -0.1) is 0 Å². The van der Waals surface area contributed by atoms with E-state index in [-0.39, 0.29) is 17.6 Å². The number of benzene rings is 2. The number of hydrogen-bond donors (Lipinski definition) is 1. The number of thiocarbonyl (C=S) groups is 1. The summed E-state index contributed by atoms with van der Waals surface area (Å²) >= 11 is 5.67. The van der Waals surface area contributed by atoms with Crippen LogP contribution in [0.4, 0.5) is 4.39 Å². The molecule has 1 aliphatic rings. The van der Waals surface area contributed by atoms with E-state index in [4.69, 9.17) is 26.2 Å². The molecule has 1 aliphatic heterocycles. The number of allylic oxidation sites excluding steroid dienone is 1. The fourth-order valence-electron chi connectivity index (χ4n) is 3.85. The Bertz CT molecular complexity index is 1170. The minimum absolute atomic E-state index is 0.154. The first kappa shape index (κ1) is 22.9. The van der Waals surface area contributed by atoms with E-state index in [1.165, 1.54) is 19.2 Å². The van der Waals surface area contributed by atoms with Gasteiger partial charge in [-0.3, -0.25) is 0 Å². The lowest BCUT2D eigenvalue weighted by Crippen LogP contribution is -2.46. The predicted molar refractivity (Wildman–Crippen MR) is 127 cm³/mol. The van der Waals surface area contributed by atoms with Gasteiger partial charge < -0.3 is 24.2 Å². The number of nitrogens with zero attached hydrogens (tertiary/aromatic N) is 3. The van der Waals surface area contributed by atoms with E-state index in [2.05, 4.69) is 15.5 Å². The smallest absolute Gasteiger partial charge is 0.258 e. The molecule has 0 fully saturated rings. The van der Waals surface area contributed by atoms with Crippen molar-refractivity contribution >= 4 is 22.9 Å². The number of ether oxygens (including phenoxy) is 2. The van der Waals surface area contributed by atoms with E-state index < -0.39 is 5.82 Å². The van der Waals surface area contributed by atoms with Crippen LogP contribution in [0.15, 0.2) is 58.8 Å². The Hall–Kier alpha value is -3.30. The van der Waals surface area contributed by atoms with Crippen molar-refractivity contribution in [3.05, 3.63) is 71.5 Å². The lowest BCUT2D eigenvalue weighted by Gasteiger charge is -2.37. The number of hydrogen-bond acceptors (Lipinski definition) is 6. The summed E-state index contributed by atoms with van der Waals surface area (Å²) in [6, 6.07) is 14.2. The Morgan fingerprint density at radius 2 is 1.97 bits per heavy atom. The maximum atomic E-state index is 14.2. The number of nitrogens with one attached hydrogen (secondary N) is 1. The van der Waals surface area contributed by atoms with Crippen LogP contribution < -0.4 is 10.1 Å². The van der Waals surface area contributed by atoms with Crippen molar-refractivity contribution in [3.63, 3.8) is 0 Å². The quantitative estimate of drug-likeness (QED) is 0.380. The van der Waals surface area contributed by atoms with Gasteiger partial charge in [-0.05, 0) is 49.3 Å². The molecule has 0 radical (unpaired) electrons. The van der Waals surface area contributed by atoms with Crippen LogP contribution in [0.25, 0.3) is 17.0 Å². The highest BCUT2D eigenvalue weighted by molar-refractivity contribution is 7.80. The van der Waals surface area contributed by atoms with E-state index in [9.17, 15) is 4.39 Å². The third-order valence-electron chi connectivity index (χ3n) is 5.53. The molecule has 1 N–H and O–H groups in total. The summed E-state index contributed by atoms with van der Waals surface area (Å²) < 4.78 is 30.1. The van der Waals surface area contributed by atoms with Gasteiger partial charge in [-0.25, -0.2) is 4.39 Å². The van der Waals surface area contributed by atoms with Gasteiger partial charge in [-0.2, -0.15) is 4.98 Å². The highest BCUT2D eigenvalue weighted by Gasteiger charge is 2.33. The van der Waals surface area contributed by atoms with Crippen LogP contribution in [0.3, 0.4) is 0 Å². The standard InChI is InChI=1S/C24H25FN4O3S/c1-15-20(23-27-22(28-32-23)17-10-11-19(31-3)18(25)14-17)21(16-8-5-4-6-9-16)26-24(33)29(15)12-7-13-30-2/h4-6,8-11,14,21H,7,12-13H2,1-3H3,(H,26,33). The predicted octanol–water partition coefficient (Wildman–Crippen LogP) is 4.58. The lowest BCUT2D eigenvalue weighted by molar-refractivity contribution is 0.188. The second-order valence-corrected chi connectivity index (χ2v) is 7.95. The first-order chi connectivity index (χ1) is 16.0. The molecule has 0 spiro atoms. The molecule has 0 saturated carbocycles. The normalized spacial score (nSPS) is 16.2. The van der Waals surface area contributed by atoms with Gasteiger partial charge in [0.15, 0.2) is 16.7 Å². The lowest BCUT2D eigenvalue weighted by atomic mass is 9.95. The molecule has 0 aliphatic carbocycles. The van der Waals surface area contributed by atoms with Gasteiger partial charge in [0, 0.05) is 31.5 Å². The van der Waals surface area contributed by atoms with Crippen molar-refractivity contribution in [1.29, 1.82) is 0 Å². The Morgan fingerprint density at radius 1 is 1.18 bits per heavy atom.